The maximum absolute atomic E-state index is 8.67. The largest absolute Gasteiger partial charge is 0.398 e. The number of rotatable bonds is 0. The number of nitrogen functional groups attached to an aromatic ring is 1. The highest BCUT2D eigenvalue weighted by Gasteiger charge is 1.97. The van der Waals surface area contributed by atoms with Crippen LogP contribution in [-0.2, 0) is 0 Å². The van der Waals surface area contributed by atoms with Crippen molar-refractivity contribution in [2.75, 3.05) is 12.3 Å². The second-order valence-corrected chi connectivity index (χ2v) is 2.42. The molecule has 0 radical (unpaired) electrons. The van der Waals surface area contributed by atoms with E-state index in [9.17, 15) is 0 Å². The Morgan fingerprint density at radius 2 is 2.15 bits per heavy atom. The first-order chi connectivity index (χ1) is 6.27. The highest BCUT2D eigenvalue weighted by molar-refractivity contribution is 5.57. The summed E-state index contributed by atoms with van der Waals surface area (Å²) in [5.41, 5.74) is 12.4. The van der Waals surface area contributed by atoms with E-state index in [4.69, 9.17) is 16.7 Å². The van der Waals surface area contributed by atoms with Gasteiger partial charge in [0.15, 0.2) is 0 Å². The lowest BCUT2D eigenvalue weighted by Gasteiger charge is -1.96. The molecule has 1 rings (SSSR count). The summed E-state index contributed by atoms with van der Waals surface area (Å²) < 4.78 is 0. The Morgan fingerprint density at radius 1 is 1.38 bits per heavy atom. The van der Waals surface area contributed by atoms with Gasteiger partial charge in [-0.25, -0.2) is 0 Å². The fourth-order valence-electron chi connectivity index (χ4n) is 0.884. The zero-order chi connectivity index (χ0) is 9.68. The molecular formula is C10H9N3. The average Bonchev–Trinajstić information content (AvgIpc) is 2.16. The zero-order valence-electron chi connectivity index (χ0n) is 7.04. The predicted octanol–water partition coefficient (Wildman–Crippen LogP) is 0.451. The third-order valence-electron chi connectivity index (χ3n) is 1.51. The quantitative estimate of drug-likeness (QED) is 0.439. The molecule has 1 aromatic rings. The molecule has 3 heteroatoms. The first-order valence-corrected chi connectivity index (χ1v) is 3.76. The average molecular weight is 171 g/mol. The van der Waals surface area contributed by atoms with Crippen molar-refractivity contribution in [3.63, 3.8) is 0 Å². The molecule has 0 bridgehead atoms. The van der Waals surface area contributed by atoms with Gasteiger partial charge in [-0.1, -0.05) is 11.8 Å². The zero-order valence-corrected chi connectivity index (χ0v) is 7.04. The van der Waals surface area contributed by atoms with Crippen LogP contribution in [0.4, 0.5) is 5.69 Å². The van der Waals surface area contributed by atoms with Crippen molar-refractivity contribution in [2.24, 2.45) is 5.73 Å². The summed E-state index contributed by atoms with van der Waals surface area (Å²) in [6.07, 6.45) is 0. The fraction of sp³-hybridized carbons (Fsp3) is 0.100. The van der Waals surface area contributed by atoms with Crippen LogP contribution in [0.3, 0.4) is 0 Å². The highest BCUT2D eigenvalue weighted by Crippen LogP contribution is 2.11. The molecule has 13 heavy (non-hydrogen) atoms. The van der Waals surface area contributed by atoms with Crippen molar-refractivity contribution >= 4 is 5.69 Å². The predicted molar refractivity (Wildman–Crippen MR) is 51.5 cm³/mol. The smallest absolute Gasteiger partial charge is 0.101 e. The Balaban J connectivity index is 3.08. The standard InChI is InChI=1S/C10H9N3/c11-5-1-2-8-3-4-10(13)9(6-8)7-12/h3-4,6H,5,11,13H2. The lowest BCUT2D eigenvalue weighted by atomic mass is 10.1. The molecule has 0 fully saturated rings. The molecule has 3 nitrogen and oxygen atoms in total. The number of nitrogens with zero attached hydrogens (tertiary/aromatic N) is 1. The molecule has 0 aromatic heterocycles. The van der Waals surface area contributed by atoms with Crippen LogP contribution in [-0.4, -0.2) is 6.54 Å². The number of nitriles is 1. The first kappa shape index (κ1) is 9.12. The molecule has 0 unspecified atom stereocenters. The molecule has 0 spiro atoms. The van der Waals surface area contributed by atoms with Crippen LogP contribution in [0.2, 0.25) is 0 Å². The summed E-state index contributed by atoms with van der Waals surface area (Å²) >= 11 is 0. The summed E-state index contributed by atoms with van der Waals surface area (Å²) in [5.74, 6) is 5.53. The van der Waals surface area contributed by atoms with Gasteiger partial charge in [0, 0.05) is 11.3 Å². The topological polar surface area (TPSA) is 75.8 Å². The van der Waals surface area contributed by atoms with Gasteiger partial charge in [-0.3, -0.25) is 0 Å². The van der Waals surface area contributed by atoms with E-state index in [1.165, 1.54) is 0 Å². The van der Waals surface area contributed by atoms with Crippen LogP contribution in [0, 0.1) is 23.2 Å². The van der Waals surface area contributed by atoms with Gasteiger partial charge in [0.1, 0.15) is 6.07 Å². The number of hydrogen-bond acceptors (Lipinski definition) is 3. The molecular weight excluding hydrogens is 162 g/mol. The Labute approximate surface area is 77.0 Å². The fourth-order valence-corrected chi connectivity index (χ4v) is 0.884. The van der Waals surface area contributed by atoms with Crippen LogP contribution < -0.4 is 11.5 Å². The van der Waals surface area contributed by atoms with Crippen LogP contribution in [0.1, 0.15) is 11.1 Å². The Morgan fingerprint density at radius 3 is 2.77 bits per heavy atom. The number of benzene rings is 1. The van der Waals surface area contributed by atoms with Crippen molar-refractivity contribution in [2.45, 2.75) is 0 Å². The first-order valence-electron chi connectivity index (χ1n) is 3.76. The monoisotopic (exact) mass is 171 g/mol. The van der Waals surface area contributed by atoms with E-state index in [-0.39, 0.29) is 0 Å². The summed E-state index contributed by atoms with van der Waals surface area (Å²) in [5, 5.41) is 8.67. The van der Waals surface area contributed by atoms with Crippen molar-refractivity contribution in [3.8, 4) is 17.9 Å². The van der Waals surface area contributed by atoms with Gasteiger partial charge in [0.2, 0.25) is 0 Å². The van der Waals surface area contributed by atoms with E-state index in [1.54, 1.807) is 18.2 Å². The van der Waals surface area contributed by atoms with Crippen molar-refractivity contribution in [3.05, 3.63) is 29.3 Å². The normalized spacial score (nSPS) is 8.31. The van der Waals surface area contributed by atoms with Crippen molar-refractivity contribution in [1.29, 1.82) is 5.26 Å². The number of hydrogen-bond donors (Lipinski definition) is 2. The lowest BCUT2D eigenvalue weighted by molar-refractivity contribution is 1.30. The van der Waals surface area contributed by atoms with Crippen LogP contribution in [0.15, 0.2) is 18.2 Å². The summed E-state index contributed by atoms with van der Waals surface area (Å²) in [7, 11) is 0. The molecule has 0 saturated carbocycles. The molecule has 0 atom stereocenters. The highest BCUT2D eigenvalue weighted by atomic mass is 14.6. The van der Waals surface area contributed by atoms with E-state index in [0.29, 0.717) is 17.8 Å². The third-order valence-corrected chi connectivity index (χ3v) is 1.51. The maximum Gasteiger partial charge on any atom is 0.101 e. The van der Waals surface area contributed by atoms with Gasteiger partial charge in [-0.05, 0) is 18.2 Å². The summed E-state index contributed by atoms with van der Waals surface area (Å²) in [4.78, 5) is 0. The Bertz CT molecular complexity index is 404. The van der Waals surface area contributed by atoms with E-state index in [2.05, 4.69) is 11.8 Å². The van der Waals surface area contributed by atoms with E-state index in [0.717, 1.165) is 5.56 Å². The van der Waals surface area contributed by atoms with Crippen LogP contribution in [0.25, 0.3) is 0 Å². The second kappa shape index (κ2) is 4.15. The van der Waals surface area contributed by atoms with Gasteiger partial charge in [0.05, 0.1) is 12.1 Å². The van der Waals surface area contributed by atoms with Gasteiger partial charge in [-0.2, -0.15) is 5.26 Å². The summed E-state index contributed by atoms with van der Waals surface area (Å²) in [6.45, 7) is 0.312. The van der Waals surface area contributed by atoms with E-state index in [1.807, 2.05) is 6.07 Å². The minimum Gasteiger partial charge on any atom is -0.398 e. The molecule has 0 heterocycles. The van der Waals surface area contributed by atoms with Gasteiger partial charge in [-0.15, -0.1) is 0 Å². The summed E-state index contributed by atoms with van der Waals surface area (Å²) in [6, 6.07) is 7.07. The van der Waals surface area contributed by atoms with Crippen molar-refractivity contribution < 1.29 is 0 Å². The van der Waals surface area contributed by atoms with E-state index < -0.39 is 0 Å². The minimum absolute atomic E-state index is 0.312. The number of anilines is 1. The van der Waals surface area contributed by atoms with Crippen LogP contribution in [0.5, 0.6) is 0 Å². The van der Waals surface area contributed by atoms with E-state index >= 15 is 0 Å². The lowest BCUT2D eigenvalue weighted by Crippen LogP contribution is -1.94. The van der Waals surface area contributed by atoms with Gasteiger partial charge in [0.25, 0.3) is 0 Å². The van der Waals surface area contributed by atoms with Gasteiger partial charge < -0.3 is 11.5 Å². The molecule has 0 aliphatic heterocycles. The molecule has 0 aliphatic carbocycles. The molecule has 4 N–H and O–H groups in total. The molecule has 1 aromatic carbocycles. The minimum atomic E-state index is 0.312. The van der Waals surface area contributed by atoms with Gasteiger partial charge >= 0.3 is 0 Å². The second-order valence-electron chi connectivity index (χ2n) is 2.42. The maximum atomic E-state index is 8.67. The number of nitrogens with two attached hydrogens (primary N) is 2. The molecule has 0 saturated heterocycles. The molecule has 0 amide bonds. The third kappa shape index (κ3) is 2.23. The Hall–Kier alpha value is -1.97. The SMILES string of the molecule is N#Cc1cc(C#CCN)ccc1N. The van der Waals surface area contributed by atoms with Crippen LogP contribution >= 0.6 is 0 Å². The Kier molecular flexibility index (Phi) is 2.92. The molecule has 0 aliphatic rings. The molecule has 64 valence electrons. The van der Waals surface area contributed by atoms with Crippen molar-refractivity contribution in [1.82, 2.24) is 0 Å².